The molecule has 6 nitrogen and oxygen atoms in total. The van der Waals surface area contributed by atoms with Crippen molar-refractivity contribution in [2.45, 2.75) is 52.9 Å². The summed E-state index contributed by atoms with van der Waals surface area (Å²) in [6.07, 6.45) is 2.52. The predicted octanol–water partition coefficient (Wildman–Crippen LogP) is 3.82. The van der Waals surface area contributed by atoms with Crippen molar-refractivity contribution in [2.24, 2.45) is 4.99 Å². The SMILES string of the molecule is CCNC(=NCc1cccc(COCCOCC)c1)N1CCC(OCC)CC1.I. The number of ether oxygens (including phenoxy) is 3. The lowest BCUT2D eigenvalue weighted by atomic mass is 10.1. The van der Waals surface area contributed by atoms with Crippen LogP contribution in [0.1, 0.15) is 44.7 Å². The maximum atomic E-state index is 5.76. The molecule has 1 N–H and O–H groups in total. The van der Waals surface area contributed by atoms with Gasteiger partial charge in [0.15, 0.2) is 5.96 Å². The van der Waals surface area contributed by atoms with E-state index in [2.05, 4.69) is 48.3 Å². The number of halogens is 1. The van der Waals surface area contributed by atoms with Crippen LogP contribution >= 0.6 is 24.0 Å². The lowest BCUT2D eigenvalue weighted by Gasteiger charge is -2.34. The van der Waals surface area contributed by atoms with Gasteiger partial charge in [-0.1, -0.05) is 24.3 Å². The van der Waals surface area contributed by atoms with Crippen LogP contribution in [0.5, 0.6) is 0 Å². The van der Waals surface area contributed by atoms with Gasteiger partial charge in [-0.15, -0.1) is 24.0 Å². The van der Waals surface area contributed by atoms with E-state index in [9.17, 15) is 0 Å². The third-order valence-corrected chi connectivity index (χ3v) is 4.73. The minimum absolute atomic E-state index is 0. The minimum Gasteiger partial charge on any atom is -0.379 e. The predicted molar refractivity (Wildman–Crippen MR) is 129 cm³/mol. The molecular formula is C22H38IN3O3. The normalized spacial score (nSPS) is 15.3. The van der Waals surface area contributed by atoms with Crippen LogP contribution in [-0.2, 0) is 27.4 Å². The maximum Gasteiger partial charge on any atom is 0.194 e. The Labute approximate surface area is 193 Å². The molecule has 0 amide bonds. The average molecular weight is 519 g/mol. The smallest absolute Gasteiger partial charge is 0.194 e. The third kappa shape index (κ3) is 10.1. The zero-order valence-electron chi connectivity index (χ0n) is 18.2. The van der Waals surface area contributed by atoms with Crippen LogP contribution in [0.15, 0.2) is 29.3 Å². The summed E-state index contributed by atoms with van der Waals surface area (Å²) in [6, 6.07) is 8.47. The van der Waals surface area contributed by atoms with Gasteiger partial charge in [0.25, 0.3) is 0 Å². The largest absolute Gasteiger partial charge is 0.379 e. The van der Waals surface area contributed by atoms with E-state index in [4.69, 9.17) is 19.2 Å². The van der Waals surface area contributed by atoms with Crippen molar-refractivity contribution >= 4 is 29.9 Å². The molecule has 1 heterocycles. The van der Waals surface area contributed by atoms with Crippen molar-refractivity contribution < 1.29 is 14.2 Å². The van der Waals surface area contributed by atoms with Crippen molar-refractivity contribution in [1.82, 2.24) is 10.2 Å². The van der Waals surface area contributed by atoms with Crippen LogP contribution in [0, 0.1) is 0 Å². The van der Waals surface area contributed by atoms with Crippen molar-refractivity contribution in [1.29, 1.82) is 0 Å². The number of rotatable bonds is 11. The van der Waals surface area contributed by atoms with E-state index in [1.165, 1.54) is 11.1 Å². The Morgan fingerprint density at radius 1 is 1.07 bits per heavy atom. The average Bonchev–Trinajstić information content (AvgIpc) is 2.72. The van der Waals surface area contributed by atoms with Gasteiger partial charge in [0.2, 0.25) is 0 Å². The van der Waals surface area contributed by atoms with Crippen LogP contribution < -0.4 is 5.32 Å². The molecule has 0 radical (unpaired) electrons. The summed E-state index contributed by atoms with van der Waals surface area (Å²) in [5, 5.41) is 3.43. The van der Waals surface area contributed by atoms with Crippen LogP contribution in [0.2, 0.25) is 0 Å². The summed E-state index contributed by atoms with van der Waals surface area (Å²) in [5.41, 5.74) is 2.37. The molecule has 1 fully saturated rings. The van der Waals surface area contributed by atoms with Gasteiger partial charge in [0.05, 0.1) is 32.5 Å². The van der Waals surface area contributed by atoms with Gasteiger partial charge in [-0.05, 0) is 44.7 Å². The van der Waals surface area contributed by atoms with Crippen molar-refractivity contribution in [3.63, 3.8) is 0 Å². The summed E-state index contributed by atoms with van der Waals surface area (Å²) in [6.45, 7) is 13.1. The Bertz CT molecular complexity index is 578. The van der Waals surface area contributed by atoms with Gasteiger partial charge in [-0.25, -0.2) is 4.99 Å². The number of hydrogen-bond donors (Lipinski definition) is 1. The summed E-state index contributed by atoms with van der Waals surface area (Å²) in [7, 11) is 0. The van der Waals surface area contributed by atoms with Gasteiger partial charge < -0.3 is 24.4 Å². The van der Waals surface area contributed by atoms with Crippen molar-refractivity contribution in [3.8, 4) is 0 Å². The molecule has 2 rings (SSSR count). The lowest BCUT2D eigenvalue weighted by molar-refractivity contribution is 0.0263. The molecule has 0 aromatic heterocycles. The lowest BCUT2D eigenvalue weighted by Crippen LogP contribution is -2.47. The summed E-state index contributed by atoms with van der Waals surface area (Å²) in [5.74, 6) is 0.996. The second kappa shape index (κ2) is 15.9. The number of likely N-dealkylation sites (tertiary alicyclic amines) is 1. The van der Waals surface area contributed by atoms with E-state index < -0.39 is 0 Å². The Balaban J connectivity index is 0.00000420. The first-order valence-electron chi connectivity index (χ1n) is 10.6. The van der Waals surface area contributed by atoms with Gasteiger partial charge in [-0.2, -0.15) is 0 Å². The summed E-state index contributed by atoms with van der Waals surface area (Å²) < 4.78 is 16.7. The Morgan fingerprint density at radius 2 is 1.79 bits per heavy atom. The van der Waals surface area contributed by atoms with Gasteiger partial charge >= 0.3 is 0 Å². The van der Waals surface area contributed by atoms with Gasteiger partial charge in [0, 0.05) is 32.8 Å². The number of guanidine groups is 1. The number of nitrogens with zero attached hydrogens (tertiary/aromatic N) is 2. The van der Waals surface area contributed by atoms with E-state index in [0.29, 0.717) is 32.5 Å². The molecule has 1 aromatic carbocycles. The molecule has 1 aliphatic heterocycles. The fraction of sp³-hybridized carbons (Fsp3) is 0.682. The van der Waals surface area contributed by atoms with Crippen LogP contribution in [0.4, 0.5) is 0 Å². The Kier molecular flexibility index (Phi) is 14.3. The molecule has 29 heavy (non-hydrogen) atoms. The molecule has 1 aliphatic rings. The van der Waals surface area contributed by atoms with E-state index in [1.807, 2.05) is 6.92 Å². The second-order valence-electron chi connectivity index (χ2n) is 6.88. The Hall–Kier alpha value is -0.900. The highest BCUT2D eigenvalue weighted by Crippen LogP contribution is 2.14. The first kappa shape index (κ1) is 26.1. The zero-order valence-corrected chi connectivity index (χ0v) is 20.5. The second-order valence-corrected chi connectivity index (χ2v) is 6.88. The van der Waals surface area contributed by atoms with Crippen molar-refractivity contribution in [2.75, 3.05) is 46.1 Å². The molecule has 0 aliphatic carbocycles. The standard InChI is InChI=1S/C22H37N3O3.HI/c1-4-23-22(25-12-10-21(11-13-25)28-6-3)24-17-19-8-7-9-20(16-19)18-27-15-14-26-5-2;/h7-9,16,21H,4-6,10-15,17-18H2,1-3H3,(H,23,24);1H. The Morgan fingerprint density at radius 3 is 2.48 bits per heavy atom. The molecule has 0 bridgehead atoms. The van der Waals surface area contributed by atoms with E-state index in [-0.39, 0.29) is 24.0 Å². The molecule has 0 unspecified atom stereocenters. The monoisotopic (exact) mass is 519 g/mol. The van der Waals surface area contributed by atoms with E-state index in [1.54, 1.807) is 0 Å². The maximum absolute atomic E-state index is 5.76. The van der Waals surface area contributed by atoms with Gasteiger partial charge in [-0.3, -0.25) is 0 Å². The van der Waals surface area contributed by atoms with E-state index in [0.717, 1.165) is 51.6 Å². The summed E-state index contributed by atoms with van der Waals surface area (Å²) >= 11 is 0. The molecular weight excluding hydrogens is 481 g/mol. The molecule has 0 atom stereocenters. The zero-order chi connectivity index (χ0) is 20.0. The molecule has 0 saturated carbocycles. The fourth-order valence-electron chi connectivity index (χ4n) is 3.33. The quantitative estimate of drug-likeness (QED) is 0.209. The molecule has 1 aromatic rings. The highest BCUT2D eigenvalue weighted by molar-refractivity contribution is 14.0. The highest BCUT2D eigenvalue weighted by atomic mass is 127. The number of aliphatic imine (C=N–C) groups is 1. The number of nitrogens with one attached hydrogen (secondary N) is 1. The number of piperidine rings is 1. The van der Waals surface area contributed by atoms with Crippen LogP contribution in [0.25, 0.3) is 0 Å². The third-order valence-electron chi connectivity index (χ3n) is 4.73. The molecule has 166 valence electrons. The minimum atomic E-state index is 0. The summed E-state index contributed by atoms with van der Waals surface area (Å²) in [4.78, 5) is 7.22. The molecule has 7 heteroatoms. The highest BCUT2D eigenvalue weighted by Gasteiger charge is 2.21. The van der Waals surface area contributed by atoms with E-state index >= 15 is 0 Å². The van der Waals surface area contributed by atoms with Crippen LogP contribution in [-0.4, -0.2) is 63.0 Å². The molecule has 1 saturated heterocycles. The fourth-order valence-corrected chi connectivity index (χ4v) is 3.33. The first-order chi connectivity index (χ1) is 13.8. The number of benzene rings is 1. The van der Waals surface area contributed by atoms with Crippen molar-refractivity contribution in [3.05, 3.63) is 35.4 Å². The first-order valence-corrected chi connectivity index (χ1v) is 10.6. The van der Waals surface area contributed by atoms with Crippen LogP contribution in [0.3, 0.4) is 0 Å². The number of hydrogen-bond acceptors (Lipinski definition) is 4. The molecule has 0 spiro atoms. The van der Waals surface area contributed by atoms with Gasteiger partial charge in [0.1, 0.15) is 0 Å². The topological polar surface area (TPSA) is 55.3 Å².